The van der Waals surface area contributed by atoms with Gasteiger partial charge in [0, 0.05) is 11.1 Å². The fourth-order valence-electron chi connectivity index (χ4n) is 4.28. The summed E-state index contributed by atoms with van der Waals surface area (Å²) < 4.78 is 12.8. The van der Waals surface area contributed by atoms with Crippen molar-refractivity contribution in [2.45, 2.75) is 6.54 Å². The molecule has 36 heavy (non-hydrogen) atoms. The van der Waals surface area contributed by atoms with E-state index in [2.05, 4.69) is 11.4 Å². The smallest absolute Gasteiger partial charge is 0.256 e. The number of hydrogen-bond donors (Lipinski definition) is 1. The third-order valence-corrected chi connectivity index (χ3v) is 5.96. The highest BCUT2D eigenvalue weighted by molar-refractivity contribution is 6.06. The number of furan rings is 1. The van der Waals surface area contributed by atoms with Crippen LogP contribution in [0.15, 0.2) is 108 Å². The number of carbonyl (C=O) groups excluding carboxylic acids is 1. The highest BCUT2D eigenvalue weighted by atomic mass is 16.5. The molecule has 3 aromatic carbocycles. The number of benzene rings is 3. The van der Waals surface area contributed by atoms with Crippen LogP contribution in [0.25, 0.3) is 22.4 Å². The third kappa shape index (κ3) is 4.38. The number of ether oxygens (including phenoxy) is 1. The molecule has 176 valence electrons. The fraction of sp³-hybridized carbons (Fsp3) is 0.0667. The quantitative estimate of drug-likeness (QED) is 0.289. The summed E-state index contributed by atoms with van der Waals surface area (Å²) in [4.78, 5) is 13.3. The van der Waals surface area contributed by atoms with E-state index in [1.807, 2.05) is 77.4 Å². The molecule has 6 heteroatoms. The largest absolute Gasteiger partial charge is 0.497 e. The molecule has 1 N–H and O–H groups in total. The number of anilines is 1. The van der Waals surface area contributed by atoms with Crippen LogP contribution in [0.2, 0.25) is 0 Å². The van der Waals surface area contributed by atoms with Gasteiger partial charge >= 0.3 is 0 Å². The van der Waals surface area contributed by atoms with E-state index in [0.29, 0.717) is 35.0 Å². The zero-order valence-electron chi connectivity index (χ0n) is 19.6. The molecule has 0 aliphatic heterocycles. The van der Waals surface area contributed by atoms with Gasteiger partial charge in [0.1, 0.15) is 29.0 Å². The van der Waals surface area contributed by atoms with Crippen LogP contribution < -0.4 is 10.1 Å². The molecule has 0 spiro atoms. The minimum Gasteiger partial charge on any atom is -0.497 e. The Morgan fingerprint density at radius 2 is 1.58 bits per heavy atom. The molecule has 2 aromatic heterocycles. The van der Waals surface area contributed by atoms with E-state index < -0.39 is 0 Å². The standard InChI is InChI=1S/C30H23N3O3/c1-35-24-16-14-23(15-17-24)30(34)32-29-26(19-31)27(21-9-4-2-5-10-21)28(22-11-6-3-7-12-22)33(29)20-25-13-8-18-36-25/h2-18H,20H2,1H3,(H,32,34). The number of carbonyl (C=O) groups is 1. The number of rotatable bonds is 7. The Kier molecular flexibility index (Phi) is 6.37. The highest BCUT2D eigenvalue weighted by Crippen LogP contribution is 2.42. The summed E-state index contributed by atoms with van der Waals surface area (Å²) >= 11 is 0. The van der Waals surface area contributed by atoms with Crippen LogP contribution in [0.4, 0.5) is 5.82 Å². The van der Waals surface area contributed by atoms with Crippen molar-refractivity contribution in [2.24, 2.45) is 0 Å². The molecule has 0 saturated carbocycles. The Hall–Kier alpha value is -5.02. The van der Waals surface area contributed by atoms with Gasteiger partial charge in [0.05, 0.1) is 25.6 Å². The molecule has 5 aromatic rings. The summed E-state index contributed by atoms with van der Waals surface area (Å²) in [6.45, 7) is 0.330. The van der Waals surface area contributed by atoms with Crippen molar-refractivity contribution in [2.75, 3.05) is 12.4 Å². The number of aromatic nitrogens is 1. The molecule has 6 nitrogen and oxygen atoms in total. The van der Waals surface area contributed by atoms with Gasteiger partial charge in [0.15, 0.2) is 0 Å². The average molecular weight is 474 g/mol. The van der Waals surface area contributed by atoms with Crippen molar-refractivity contribution < 1.29 is 13.9 Å². The summed E-state index contributed by atoms with van der Waals surface area (Å²) in [5.74, 6) is 1.44. The average Bonchev–Trinajstić information content (AvgIpc) is 3.56. The first kappa shape index (κ1) is 22.8. The molecular formula is C30H23N3O3. The van der Waals surface area contributed by atoms with Gasteiger partial charge in [-0.15, -0.1) is 0 Å². The van der Waals surface area contributed by atoms with Crippen LogP contribution in [0.5, 0.6) is 5.75 Å². The van der Waals surface area contributed by atoms with E-state index in [9.17, 15) is 10.1 Å². The molecule has 0 radical (unpaired) electrons. The summed E-state index contributed by atoms with van der Waals surface area (Å²) in [7, 11) is 1.58. The Balaban J connectivity index is 1.73. The number of nitriles is 1. The van der Waals surface area contributed by atoms with Crippen molar-refractivity contribution in [3.05, 3.63) is 120 Å². The van der Waals surface area contributed by atoms with E-state index >= 15 is 0 Å². The van der Waals surface area contributed by atoms with E-state index in [-0.39, 0.29) is 5.91 Å². The van der Waals surface area contributed by atoms with Crippen molar-refractivity contribution in [3.63, 3.8) is 0 Å². The lowest BCUT2D eigenvalue weighted by Crippen LogP contribution is -2.16. The van der Waals surface area contributed by atoms with E-state index in [4.69, 9.17) is 9.15 Å². The first-order chi connectivity index (χ1) is 17.7. The Labute approximate surface area is 209 Å². The second kappa shape index (κ2) is 10.1. The minimum atomic E-state index is -0.327. The maximum atomic E-state index is 13.3. The van der Waals surface area contributed by atoms with Gasteiger partial charge in [-0.2, -0.15) is 5.26 Å². The monoisotopic (exact) mass is 473 g/mol. The number of methoxy groups -OCH3 is 1. The first-order valence-electron chi connectivity index (χ1n) is 11.4. The number of amides is 1. The predicted octanol–water partition coefficient (Wildman–Crippen LogP) is 6.60. The van der Waals surface area contributed by atoms with Crippen LogP contribution in [0, 0.1) is 11.3 Å². The SMILES string of the molecule is COc1ccc(C(=O)Nc2c(C#N)c(-c3ccccc3)c(-c3ccccc3)n2Cc2ccco2)cc1. The van der Waals surface area contributed by atoms with Gasteiger partial charge in [-0.1, -0.05) is 60.7 Å². The molecule has 5 rings (SSSR count). The predicted molar refractivity (Wildman–Crippen MR) is 139 cm³/mol. The topological polar surface area (TPSA) is 80.2 Å². The van der Waals surface area contributed by atoms with Crippen LogP contribution >= 0.6 is 0 Å². The lowest BCUT2D eigenvalue weighted by atomic mass is 9.98. The molecule has 0 aliphatic rings. The molecular weight excluding hydrogens is 450 g/mol. The van der Waals surface area contributed by atoms with Gasteiger partial charge < -0.3 is 19.0 Å². The van der Waals surface area contributed by atoms with Crippen LogP contribution in [-0.4, -0.2) is 17.6 Å². The van der Waals surface area contributed by atoms with Crippen molar-refractivity contribution in [1.82, 2.24) is 4.57 Å². The molecule has 0 bridgehead atoms. The summed E-state index contributed by atoms with van der Waals surface area (Å²) in [6, 6.07) is 32.5. The molecule has 0 atom stereocenters. The zero-order valence-corrected chi connectivity index (χ0v) is 19.6. The normalized spacial score (nSPS) is 10.6. The third-order valence-electron chi connectivity index (χ3n) is 5.96. The second-order valence-electron chi connectivity index (χ2n) is 8.14. The number of nitrogens with one attached hydrogen (secondary N) is 1. The second-order valence-corrected chi connectivity index (χ2v) is 8.14. The molecule has 0 saturated heterocycles. The highest BCUT2D eigenvalue weighted by Gasteiger charge is 2.27. The van der Waals surface area contributed by atoms with Crippen LogP contribution in [-0.2, 0) is 6.54 Å². The van der Waals surface area contributed by atoms with Crippen molar-refractivity contribution in [3.8, 4) is 34.2 Å². The lowest BCUT2D eigenvalue weighted by molar-refractivity contribution is 0.102. The Morgan fingerprint density at radius 1 is 0.917 bits per heavy atom. The van der Waals surface area contributed by atoms with E-state index in [1.165, 1.54) is 0 Å². The number of hydrogen-bond acceptors (Lipinski definition) is 4. The van der Waals surface area contributed by atoms with E-state index in [0.717, 1.165) is 22.4 Å². The molecule has 0 aliphatic carbocycles. The first-order valence-corrected chi connectivity index (χ1v) is 11.4. The Bertz CT molecular complexity index is 1510. The summed E-state index contributed by atoms with van der Waals surface area (Å²) in [5, 5.41) is 13.4. The lowest BCUT2D eigenvalue weighted by Gasteiger charge is -2.14. The van der Waals surface area contributed by atoms with Crippen LogP contribution in [0.1, 0.15) is 21.7 Å². The molecule has 2 heterocycles. The Morgan fingerprint density at radius 3 is 2.17 bits per heavy atom. The summed E-state index contributed by atoms with van der Waals surface area (Å²) in [6.07, 6.45) is 1.61. The minimum absolute atomic E-state index is 0.327. The van der Waals surface area contributed by atoms with Gasteiger partial charge in [0.25, 0.3) is 5.91 Å². The maximum Gasteiger partial charge on any atom is 0.256 e. The van der Waals surface area contributed by atoms with Crippen LogP contribution in [0.3, 0.4) is 0 Å². The molecule has 1 amide bonds. The molecule has 0 fully saturated rings. The van der Waals surface area contributed by atoms with Gasteiger partial charge in [-0.3, -0.25) is 4.79 Å². The van der Waals surface area contributed by atoms with Gasteiger partial charge in [-0.25, -0.2) is 0 Å². The van der Waals surface area contributed by atoms with Crippen molar-refractivity contribution >= 4 is 11.7 Å². The zero-order chi connectivity index (χ0) is 24.9. The maximum absolute atomic E-state index is 13.3. The summed E-state index contributed by atoms with van der Waals surface area (Å²) in [5.41, 5.74) is 4.21. The molecule has 0 unspecified atom stereocenters. The van der Waals surface area contributed by atoms with Crippen molar-refractivity contribution in [1.29, 1.82) is 5.26 Å². The van der Waals surface area contributed by atoms with Gasteiger partial charge in [-0.05, 0) is 47.5 Å². The van der Waals surface area contributed by atoms with E-state index in [1.54, 1.807) is 37.6 Å². The fourth-order valence-corrected chi connectivity index (χ4v) is 4.28. The van der Waals surface area contributed by atoms with Gasteiger partial charge in [0.2, 0.25) is 0 Å². The number of nitrogens with zero attached hydrogens (tertiary/aromatic N) is 2.